The fraction of sp³-hybridized carbons (Fsp3) is 0.500. The van der Waals surface area contributed by atoms with Gasteiger partial charge in [0.25, 0.3) is 0 Å². The van der Waals surface area contributed by atoms with Crippen LogP contribution >= 0.6 is 23.4 Å². The maximum atomic E-state index is 9.41. The molecule has 2 atom stereocenters. The van der Waals surface area contributed by atoms with Crippen molar-refractivity contribution >= 4 is 23.4 Å². The first-order chi connectivity index (χ1) is 7.54. The molecule has 0 fully saturated rings. The van der Waals surface area contributed by atoms with Crippen molar-refractivity contribution in [2.24, 2.45) is 0 Å². The van der Waals surface area contributed by atoms with Gasteiger partial charge in [-0.25, -0.2) is 0 Å². The molecule has 1 rings (SSSR count). The molecule has 0 saturated carbocycles. The Labute approximate surface area is 106 Å². The summed E-state index contributed by atoms with van der Waals surface area (Å²) in [4.78, 5) is 0.993. The number of aliphatic hydroxyl groups is 2. The molecular weight excluding hydrogens is 244 g/mol. The highest BCUT2D eigenvalue weighted by Gasteiger charge is 2.09. The van der Waals surface area contributed by atoms with E-state index < -0.39 is 6.10 Å². The van der Waals surface area contributed by atoms with Gasteiger partial charge in [-0.05, 0) is 31.0 Å². The molecule has 16 heavy (non-hydrogen) atoms. The lowest BCUT2D eigenvalue weighted by Crippen LogP contribution is -1.99. The zero-order chi connectivity index (χ0) is 12.1. The van der Waals surface area contributed by atoms with E-state index in [0.717, 1.165) is 16.9 Å². The Morgan fingerprint density at radius 2 is 2.06 bits per heavy atom. The quantitative estimate of drug-likeness (QED) is 0.799. The highest BCUT2D eigenvalue weighted by molar-refractivity contribution is 8.00. The van der Waals surface area contributed by atoms with E-state index in [2.05, 4.69) is 6.92 Å². The van der Waals surface area contributed by atoms with Crippen LogP contribution in [0.25, 0.3) is 0 Å². The molecule has 2 N–H and O–H groups in total. The van der Waals surface area contributed by atoms with Crippen LogP contribution in [-0.4, -0.2) is 22.1 Å². The third kappa shape index (κ3) is 3.98. The second kappa shape index (κ2) is 6.50. The Kier molecular flexibility index (Phi) is 5.62. The van der Waals surface area contributed by atoms with Gasteiger partial charge in [0.1, 0.15) is 0 Å². The molecule has 0 radical (unpaired) electrons. The number of benzene rings is 1. The first-order valence-electron chi connectivity index (χ1n) is 5.29. The molecule has 0 aromatic heterocycles. The van der Waals surface area contributed by atoms with E-state index in [4.69, 9.17) is 16.7 Å². The summed E-state index contributed by atoms with van der Waals surface area (Å²) in [6, 6.07) is 5.59. The van der Waals surface area contributed by atoms with E-state index in [0.29, 0.717) is 10.3 Å². The van der Waals surface area contributed by atoms with E-state index in [1.165, 1.54) is 0 Å². The number of halogens is 1. The van der Waals surface area contributed by atoms with Crippen molar-refractivity contribution in [2.45, 2.75) is 36.5 Å². The number of rotatable bonds is 5. The van der Waals surface area contributed by atoms with Gasteiger partial charge >= 0.3 is 0 Å². The lowest BCUT2D eigenvalue weighted by molar-refractivity contribution is 0.199. The van der Waals surface area contributed by atoms with Gasteiger partial charge in [-0.2, -0.15) is 0 Å². The summed E-state index contributed by atoms with van der Waals surface area (Å²) in [7, 11) is 0. The molecular formula is C12H17ClO2S. The monoisotopic (exact) mass is 260 g/mol. The predicted molar refractivity (Wildman–Crippen MR) is 69.1 cm³/mol. The summed E-state index contributed by atoms with van der Waals surface area (Å²) >= 11 is 7.76. The van der Waals surface area contributed by atoms with Crippen LogP contribution in [0.5, 0.6) is 0 Å². The van der Waals surface area contributed by atoms with E-state index in [1.54, 1.807) is 24.8 Å². The standard InChI is InChI=1S/C12H17ClO2S/c1-8(5-6-14)16-12-4-3-10(9(2)15)7-11(12)13/h3-4,7-9,14-15H,5-6H2,1-2H3/t8?,9-/m1/s1. The van der Waals surface area contributed by atoms with Crippen LogP contribution in [-0.2, 0) is 0 Å². The number of thioether (sulfide) groups is 1. The highest BCUT2D eigenvalue weighted by atomic mass is 35.5. The summed E-state index contributed by atoms with van der Waals surface area (Å²) in [5.74, 6) is 0. The number of hydrogen-bond donors (Lipinski definition) is 2. The zero-order valence-corrected chi connectivity index (χ0v) is 11.1. The highest BCUT2D eigenvalue weighted by Crippen LogP contribution is 2.33. The molecule has 1 aromatic carbocycles. The Morgan fingerprint density at radius 3 is 2.56 bits per heavy atom. The third-order valence-electron chi connectivity index (χ3n) is 2.30. The molecule has 0 spiro atoms. The molecule has 0 saturated heterocycles. The second-order valence-electron chi connectivity index (χ2n) is 3.81. The number of hydrogen-bond acceptors (Lipinski definition) is 3. The van der Waals surface area contributed by atoms with Crippen LogP contribution in [0.1, 0.15) is 31.9 Å². The van der Waals surface area contributed by atoms with Crippen LogP contribution in [0.15, 0.2) is 23.1 Å². The minimum atomic E-state index is -0.494. The first kappa shape index (κ1) is 13.8. The Balaban J connectivity index is 2.75. The summed E-state index contributed by atoms with van der Waals surface area (Å²) in [6.45, 7) is 3.96. The molecule has 0 amide bonds. The molecule has 1 aromatic rings. The van der Waals surface area contributed by atoms with Gasteiger partial charge in [0.15, 0.2) is 0 Å². The molecule has 90 valence electrons. The average Bonchev–Trinajstić information content (AvgIpc) is 2.21. The van der Waals surface area contributed by atoms with Gasteiger partial charge in [0.2, 0.25) is 0 Å². The molecule has 0 aliphatic carbocycles. The van der Waals surface area contributed by atoms with Crippen molar-refractivity contribution < 1.29 is 10.2 Å². The molecule has 1 unspecified atom stereocenters. The fourth-order valence-electron chi connectivity index (χ4n) is 1.33. The summed E-state index contributed by atoms with van der Waals surface area (Å²) < 4.78 is 0. The van der Waals surface area contributed by atoms with Gasteiger partial charge in [0, 0.05) is 16.8 Å². The Hall–Kier alpha value is -0.220. The molecule has 4 heteroatoms. The lowest BCUT2D eigenvalue weighted by atomic mass is 10.1. The smallest absolute Gasteiger partial charge is 0.0762 e. The van der Waals surface area contributed by atoms with E-state index >= 15 is 0 Å². The zero-order valence-electron chi connectivity index (χ0n) is 9.48. The normalized spacial score (nSPS) is 14.8. The first-order valence-corrected chi connectivity index (χ1v) is 6.55. The van der Waals surface area contributed by atoms with Crippen LogP contribution in [0.2, 0.25) is 5.02 Å². The van der Waals surface area contributed by atoms with Crippen LogP contribution in [0.3, 0.4) is 0 Å². The maximum absolute atomic E-state index is 9.41. The van der Waals surface area contributed by atoms with E-state index in [9.17, 15) is 5.11 Å². The van der Waals surface area contributed by atoms with Crippen molar-refractivity contribution in [3.05, 3.63) is 28.8 Å². The molecule has 2 nitrogen and oxygen atoms in total. The summed E-state index contributed by atoms with van der Waals surface area (Å²) in [6.07, 6.45) is 0.255. The molecule has 0 heterocycles. The minimum Gasteiger partial charge on any atom is -0.396 e. The van der Waals surface area contributed by atoms with Crippen molar-refractivity contribution in [2.75, 3.05) is 6.61 Å². The summed E-state index contributed by atoms with van der Waals surface area (Å²) in [5.41, 5.74) is 0.823. The maximum Gasteiger partial charge on any atom is 0.0762 e. The van der Waals surface area contributed by atoms with Crippen molar-refractivity contribution in [1.29, 1.82) is 0 Å². The Morgan fingerprint density at radius 1 is 1.38 bits per heavy atom. The van der Waals surface area contributed by atoms with Crippen molar-refractivity contribution in [3.8, 4) is 0 Å². The van der Waals surface area contributed by atoms with E-state index in [-0.39, 0.29) is 6.61 Å². The van der Waals surface area contributed by atoms with Crippen LogP contribution < -0.4 is 0 Å². The van der Waals surface area contributed by atoms with Crippen LogP contribution in [0, 0.1) is 0 Å². The minimum absolute atomic E-state index is 0.192. The van der Waals surface area contributed by atoms with Crippen molar-refractivity contribution in [3.63, 3.8) is 0 Å². The van der Waals surface area contributed by atoms with Crippen molar-refractivity contribution in [1.82, 2.24) is 0 Å². The fourth-order valence-corrected chi connectivity index (χ4v) is 2.63. The van der Waals surface area contributed by atoms with Gasteiger partial charge < -0.3 is 10.2 Å². The number of aliphatic hydroxyl groups excluding tert-OH is 2. The Bertz CT molecular complexity index is 342. The molecule has 0 aliphatic heterocycles. The summed E-state index contributed by atoms with van der Waals surface area (Å²) in [5, 5.41) is 19.2. The van der Waals surface area contributed by atoms with Gasteiger partial charge in [-0.3, -0.25) is 0 Å². The second-order valence-corrected chi connectivity index (χ2v) is 5.69. The largest absolute Gasteiger partial charge is 0.396 e. The van der Waals surface area contributed by atoms with Crippen LogP contribution in [0.4, 0.5) is 0 Å². The lowest BCUT2D eigenvalue weighted by Gasteiger charge is -2.12. The van der Waals surface area contributed by atoms with Gasteiger partial charge in [-0.15, -0.1) is 11.8 Å². The molecule has 0 bridgehead atoms. The average molecular weight is 261 g/mol. The van der Waals surface area contributed by atoms with Gasteiger partial charge in [-0.1, -0.05) is 24.6 Å². The third-order valence-corrected chi connectivity index (χ3v) is 3.97. The topological polar surface area (TPSA) is 40.5 Å². The predicted octanol–water partition coefficient (Wildman–Crippen LogP) is 3.26. The van der Waals surface area contributed by atoms with E-state index in [1.807, 2.05) is 12.1 Å². The molecule has 0 aliphatic rings. The SMILES string of the molecule is CC(CCO)Sc1ccc([C@@H](C)O)cc1Cl. The van der Waals surface area contributed by atoms with Gasteiger partial charge in [0.05, 0.1) is 11.1 Å².